The number of nitrogens with zero attached hydrogens (tertiary/aromatic N) is 3. The van der Waals surface area contributed by atoms with Gasteiger partial charge in [-0.05, 0) is 42.2 Å². The van der Waals surface area contributed by atoms with Crippen LogP contribution in [-0.2, 0) is 16.6 Å². The SMILES string of the molecule is COc1cc(OC)cc(C(NC(=O)C2CC(=O)N(c3cccc(SC)c3)C2)c2nccn2C)c1. The number of anilines is 1. The van der Waals surface area contributed by atoms with E-state index in [2.05, 4.69) is 10.3 Å². The molecule has 0 radical (unpaired) electrons. The summed E-state index contributed by atoms with van der Waals surface area (Å²) in [6.07, 6.45) is 5.66. The largest absolute Gasteiger partial charge is 0.497 e. The van der Waals surface area contributed by atoms with Gasteiger partial charge in [0.1, 0.15) is 23.4 Å². The fraction of sp³-hybridized carbons (Fsp3) is 0.320. The van der Waals surface area contributed by atoms with E-state index in [1.54, 1.807) is 43.1 Å². The van der Waals surface area contributed by atoms with Gasteiger partial charge in [-0.15, -0.1) is 11.8 Å². The second-order valence-corrected chi connectivity index (χ2v) is 8.97. The second kappa shape index (κ2) is 10.2. The first-order valence-corrected chi connectivity index (χ1v) is 12.1. The van der Waals surface area contributed by atoms with Gasteiger partial charge >= 0.3 is 0 Å². The van der Waals surface area contributed by atoms with E-state index in [9.17, 15) is 9.59 Å². The maximum atomic E-state index is 13.4. The molecule has 0 bridgehead atoms. The van der Waals surface area contributed by atoms with E-state index in [1.807, 2.05) is 60.5 Å². The first-order valence-electron chi connectivity index (χ1n) is 10.9. The molecule has 2 unspecified atom stereocenters. The number of amides is 2. The number of carbonyl (C=O) groups is 2. The first kappa shape index (κ1) is 23.7. The highest BCUT2D eigenvalue weighted by molar-refractivity contribution is 7.98. The maximum Gasteiger partial charge on any atom is 0.227 e. The van der Waals surface area contributed by atoms with E-state index in [0.717, 1.165) is 16.1 Å². The van der Waals surface area contributed by atoms with Crippen LogP contribution in [-0.4, -0.2) is 48.4 Å². The summed E-state index contributed by atoms with van der Waals surface area (Å²) in [5.74, 6) is 1.15. The Hall–Kier alpha value is -3.46. The predicted molar refractivity (Wildman–Crippen MR) is 131 cm³/mol. The van der Waals surface area contributed by atoms with Gasteiger partial charge in [0, 0.05) is 49.1 Å². The molecule has 178 valence electrons. The summed E-state index contributed by atoms with van der Waals surface area (Å²) in [6, 6.07) is 12.7. The number of carbonyl (C=O) groups excluding carboxylic acids is 2. The monoisotopic (exact) mass is 480 g/mol. The zero-order valence-corrected chi connectivity index (χ0v) is 20.5. The third-order valence-corrected chi connectivity index (χ3v) is 6.70. The lowest BCUT2D eigenvalue weighted by Gasteiger charge is -2.22. The van der Waals surface area contributed by atoms with Crippen molar-refractivity contribution in [3.05, 3.63) is 66.2 Å². The van der Waals surface area contributed by atoms with Gasteiger partial charge in [-0.2, -0.15) is 0 Å². The van der Waals surface area contributed by atoms with Gasteiger partial charge in [0.25, 0.3) is 0 Å². The first-order chi connectivity index (χ1) is 16.4. The minimum atomic E-state index is -0.541. The Labute approximate surface area is 203 Å². The molecule has 1 saturated heterocycles. The average molecular weight is 481 g/mol. The van der Waals surface area contributed by atoms with Gasteiger partial charge in [0.15, 0.2) is 0 Å². The smallest absolute Gasteiger partial charge is 0.227 e. The highest BCUT2D eigenvalue weighted by Crippen LogP contribution is 2.32. The van der Waals surface area contributed by atoms with Gasteiger partial charge in [0.05, 0.1) is 20.1 Å². The molecule has 0 aliphatic carbocycles. The highest BCUT2D eigenvalue weighted by atomic mass is 32.2. The average Bonchev–Trinajstić information content (AvgIpc) is 3.47. The minimum absolute atomic E-state index is 0.0602. The lowest BCUT2D eigenvalue weighted by atomic mass is 10.0. The number of nitrogens with one attached hydrogen (secondary N) is 1. The molecule has 2 heterocycles. The van der Waals surface area contributed by atoms with Crippen LogP contribution in [0.1, 0.15) is 23.9 Å². The van der Waals surface area contributed by atoms with E-state index in [1.165, 1.54) is 0 Å². The fourth-order valence-corrected chi connectivity index (χ4v) is 4.57. The summed E-state index contributed by atoms with van der Waals surface area (Å²) in [7, 11) is 5.04. The summed E-state index contributed by atoms with van der Waals surface area (Å²) in [6.45, 7) is 0.331. The molecule has 1 aromatic heterocycles. The topological polar surface area (TPSA) is 85.7 Å². The summed E-state index contributed by atoms with van der Waals surface area (Å²) in [5.41, 5.74) is 1.58. The molecule has 9 heteroatoms. The molecule has 4 rings (SSSR count). The standard InChI is InChI=1S/C25H28N4O4S/c1-28-9-8-26-24(28)23(16-10-19(32-2)14-20(11-16)33-3)27-25(31)17-12-22(30)29(15-17)18-6-5-7-21(13-18)34-4/h5-11,13-14,17,23H,12,15H2,1-4H3,(H,27,31). The van der Waals surface area contributed by atoms with Crippen LogP contribution in [0.5, 0.6) is 11.5 Å². The summed E-state index contributed by atoms with van der Waals surface area (Å²) < 4.78 is 12.7. The molecular weight excluding hydrogens is 452 g/mol. The normalized spacial score (nSPS) is 16.4. The van der Waals surface area contributed by atoms with Crippen molar-refractivity contribution < 1.29 is 19.1 Å². The Kier molecular flexibility index (Phi) is 7.12. The van der Waals surface area contributed by atoms with Crippen molar-refractivity contribution in [3.8, 4) is 11.5 Å². The Morgan fingerprint density at radius 2 is 1.91 bits per heavy atom. The van der Waals surface area contributed by atoms with Crippen molar-refractivity contribution in [3.63, 3.8) is 0 Å². The van der Waals surface area contributed by atoms with Crippen LogP contribution in [0.4, 0.5) is 5.69 Å². The molecular formula is C25H28N4O4S. The molecule has 1 N–H and O–H groups in total. The highest BCUT2D eigenvalue weighted by Gasteiger charge is 2.36. The van der Waals surface area contributed by atoms with Gasteiger partial charge in [-0.25, -0.2) is 4.98 Å². The Bertz CT molecular complexity index is 1170. The van der Waals surface area contributed by atoms with E-state index in [0.29, 0.717) is 23.9 Å². The third kappa shape index (κ3) is 4.89. The molecule has 2 amide bonds. The van der Waals surface area contributed by atoms with Crippen LogP contribution in [0.25, 0.3) is 0 Å². The molecule has 1 aliphatic rings. The van der Waals surface area contributed by atoms with Crippen LogP contribution in [0.3, 0.4) is 0 Å². The molecule has 1 fully saturated rings. The molecule has 2 atom stereocenters. The number of hydrogen-bond donors (Lipinski definition) is 1. The maximum absolute atomic E-state index is 13.4. The zero-order chi connectivity index (χ0) is 24.2. The van der Waals surface area contributed by atoms with Gasteiger partial charge in [-0.3, -0.25) is 9.59 Å². The predicted octanol–water partition coefficient (Wildman–Crippen LogP) is 3.42. The number of rotatable bonds is 8. The van der Waals surface area contributed by atoms with Crippen LogP contribution in [0.15, 0.2) is 59.8 Å². The second-order valence-electron chi connectivity index (χ2n) is 8.09. The number of aromatic nitrogens is 2. The fourth-order valence-electron chi connectivity index (χ4n) is 4.12. The van der Waals surface area contributed by atoms with Crippen molar-refractivity contribution in [2.24, 2.45) is 13.0 Å². The van der Waals surface area contributed by atoms with Crippen molar-refractivity contribution in [1.29, 1.82) is 0 Å². The number of thioether (sulfide) groups is 1. The number of methoxy groups -OCH3 is 2. The minimum Gasteiger partial charge on any atom is -0.497 e. The number of aryl methyl sites for hydroxylation is 1. The van der Waals surface area contributed by atoms with Crippen LogP contribution < -0.4 is 19.7 Å². The van der Waals surface area contributed by atoms with Gasteiger partial charge in [0.2, 0.25) is 11.8 Å². The molecule has 8 nitrogen and oxygen atoms in total. The van der Waals surface area contributed by atoms with Gasteiger partial charge < -0.3 is 24.3 Å². The lowest BCUT2D eigenvalue weighted by Crippen LogP contribution is -2.37. The summed E-state index contributed by atoms with van der Waals surface area (Å²) >= 11 is 1.61. The van der Waals surface area contributed by atoms with Crippen LogP contribution in [0, 0.1) is 5.92 Å². The van der Waals surface area contributed by atoms with Crippen molar-refractivity contribution in [2.45, 2.75) is 17.4 Å². The van der Waals surface area contributed by atoms with Crippen LogP contribution in [0.2, 0.25) is 0 Å². The van der Waals surface area contributed by atoms with Crippen molar-refractivity contribution in [1.82, 2.24) is 14.9 Å². The number of benzene rings is 2. The molecule has 2 aromatic carbocycles. The number of imidazole rings is 1. The summed E-state index contributed by atoms with van der Waals surface area (Å²) in [4.78, 5) is 33.4. The molecule has 34 heavy (non-hydrogen) atoms. The van der Waals surface area contributed by atoms with E-state index in [4.69, 9.17) is 9.47 Å². The van der Waals surface area contributed by atoms with Crippen LogP contribution >= 0.6 is 11.8 Å². The lowest BCUT2D eigenvalue weighted by molar-refractivity contribution is -0.126. The van der Waals surface area contributed by atoms with Crippen molar-refractivity contribution in [2.75, 3.05) is 31.9 Å². The Morgan fingerprint density at radius 1 is 1.18 bits per heavy atom. The Balaban J connectivity index is 1.59. The summed E-state index contributed by atoms with van der Waals surface area (Å²) in [5, 5.41) is 3.12. The molecule has 0 spiro atoms. The van der Waals surface area contributed by atoms with E-state index < -0.39 is 12.0 Å². The van der Waals surface area contributed by atoms with Gasteiger partial charge in [-0.1, -0.05) is 6.07 Å². The third-order valence-electron chi connectivity index (χ3n) is 5.97. The zero-order valence-electron chi connectivity index (χ0n) is 19.6. The number of hydrogen-bond acceptors (Lipinski definition) is 6. The Morgan fingerprint density at radius 3 is 2.53 bits per heavy atom. The molecule has 0 saturated carbocycles. The quantitative estimate of drug-likeness (QED) is 0.498. The van der Waals surface area contributed by atoms with E-state index in [-0.39, 0.29) is 18.2 Å². The van der Waals surface area contributed by atoms with Crippen molar-refractivity contribution >= 4 is 29.3 Å². The number of ether oxygens (including phenoxy) is 2. The molecule has 1 aliphatic heterocycles. The molecule has 3 aromatic rings. The van der Waals surface area contributed by atoms with E-state index >= 15 is 0 Å².